The van der Waals surface area contributed by atoms with Crippen LogP contribution in [-0.2, 0) is 4.74 Å². The van der Waals surface area contributed by atoms with Crippen LogP contribution in [0.2, 0.25) is 0 Å². The first-order chi connectivity index (χ1) is 6.68. The predicted molar refractivity (Wildman–Crippen MR) is 53.7 cm³/mol. The molecule has 1 saturated heterocycles. The van der Waals surface area contributed by atoms with Gasteiger partial charge in [0, 0.05) is 24.9 Å². The van der Waals surface area contributed by atoms with E-state index in [9.17, 15) is 0 Å². The van der Waals surface area contributed by atoms with Crippen LogP contribution in [0.15, 0.2) is 0 Å². The zero-order chi connectivity index (χ0) is 10.1. The Labute approximate surface area is 85.4 Å². The van der Waals surface area contributed by atoms with E-state index in [1.54, 1.807) is 0 Å². The third kappa shape index (κ3) is 2.08. The highest BCUT2D eigenvalue weighted by Crippen LogP contribution is 2.47. The fraction of sp³-hybridized carbons (Fsp3) is 0.909. The molecule has 1 aliphatic heterocycles. The van der Waals surface area contributed by atoms with Gasteiger partial charge in [0.15, 0.2) is 0 Å². The van der Waals surface area contributed by atoms with Crippen LogP contribution in [0, 0.1) is 22.2 Å². The molecule has 0 aromatic carbocycles. The van der Waals surface area contributed by atoms with Gasteiger partial charge in [-0.15, -0.1) is 0 Å². The van der Waals surface area contributed by atoms with E-state index < -0.39 is 0 Å². The van der Waals surface area contributed by atoms with Gasteiger partial charge in [-0.1, -0.05) is 6.92 Å². The maximum Gasteiger partial charge on any atom is 0.0628 e. The number of nitrogens with one attached hydrogen (secondary N) is 1. The minimum atomic E-state index is 0.329. The second-order valence-corrected chi connectivity index (χ2v) is 5.24. The second kappa shape index (κ2) is 3.52. The lowest BCUT2D eigenvalue weighted by Crippen LogP contribution is -2.48. The first kappa shape index (κ1) is 9.95. The van der Waals surface area contributed by atoms with Gasteiger partial charge in [0.25, 0.3) is 0 Å². The van der Waals surface area contributed by atoms with Crippen LogP contribution >= 0.6 is 0 Å². The van der Waals surface area contributed by atoms with Crippen molar-refractivity contribution in [1.82, 2.24) is 5.32 Å². The summed E-state index contributed by atoms with van der Waals surface area (Å²) < 4.78 is 5.19. The molecule has 2 rings (SSSR count). The maximum absolute atomic E-state index is 8.66. The molecular formula is C11H18N2O. The number of nitriles is 1. The minimum absolute atomic E-state index is 0.329. The van der Waals surface area contributed by atoms with E-state index in [1.807, 2.05) is 0 Å². The fourth-order valence-electron chi connectivity index (χ4n) is 1.94. The molecule has 0 radical (unpaired) electrons. The highest BCUT2D eigenvalue weighted by atomic mass is 16.5. The molecule has 2 aliphatic rings. The van der Waals surface area contributed by atoms with Gasteiger partial charge in [0.1, 0.15) is 0 Å². The molecular weight excluding hydrogens is 176 g/mol. The highest BCUT2D eigenvalue weighted by Gasteiger charge is 2.42. The number of hydrogen-bond donors (Lipinski definition) is 1. The van der Waals surface area contributed by atoms with E-state index in [4.69, 9.17) is 10.00 Å². The molecule has 3 heteroatoms. The van der Waals surface area contributed by atoms with Gasteiger partial charge < -0.3 is 10.1 Å². The third-order valence-corrected chi connectivity index (χ3v) is 3.36. The molecule has 1 N–H and O–H groups in total. The summed E-state index contributed by atoms with van der Waals surface area (Å²) >= 11 is 0. The average molecular weight is 194 g/mol. The van der Waals surface area contributed by atoms with Gasteiger partial charge in [0.05, 0.1) is 19.3 Å². The van der Waals surface area contributed by atoms with Crippen LogP contribution in [0.4, 0.5) is 0 Å². The summed E-state index contributed by atoms with van der Waals surface area (Å²) in [6.45, 7) is 6.04. The standard InChI is InChI=1S/C11H18N2O/c1-10(8-14-9-10)6-13-7-11(2-3-11)4-5-12/h13H,2-4,6-9H2,1H3. The minimum Gasteiger partial charge on any atom is -0.380 e. The molecule has 1 saturated carbocycles. The van der Waals surface area contributed by atoms with Crippen LogP contribution in [0.1, 0.15) is 26.2 Å². The summed E-state index contributed by atoms with van der Waals surface area (Å²) in [5, 5.41) is 12.1. The Kier molecular flexibility index (Phi) is 2.50. The summed E-state index contributed by atoms with van der Waals surface area (Å²) in [5.41, 5.74) is 0.679. The molecule has 1 heterocycles. The van der Waals surface area contributed by atoms with Crippen molar-refractivity contribution in [3.8, 4) is 6.07 Å². The van der Waals surface area contributed by atoms with Gasteiger partial charge in [-0.3, -0.25) is 0 Å². The molecule has 0 bridgehead atoms. The van der Waals surface area contributed by atoms with Crippen LogP contribution < -0.4 is 5.32 Å². The summed E-state index contributed by atoms with van der Waals surface area (Å²) in [7, 11) is 0. The molecule has 0 unspecified atom stereocenters. The normalized spacial score (nSPS) is 26.3. The van der Waals surface area contributed by atoms with E-state index in [0.29, 0.717) is 17.3 Å². The number of nitrogens with zero attached hydrogens (tertiary/aromatic N) is 1. The molecule has 0 spiro atoms. The van der Waals surface area contributed by atoms with Gasteiger partial charge in [-0.05, 0) is 18.3 Å². The Balaban J connectivity index is 1.66. The van der Waals surface area contributed by atoms with Gasteiger partial charge in [0.2, 0.25) is 0 Å². The van der Waals surface area contributed by atoms with Crippen molar-refractivity contribution in [2.45, 2.75) is 26.2 Å². The molecule has 0 aromatic heterocycles. The largest absolute Gasteiger partial charge is 0.380 e. The Morgan fingerprint density at radius 3 is 2.50 bits per heavy atom. The van der Waals surface area contributed by atoms with Crippen molar-refractivity contribution >= 4 is 0 Å². The van der Waals surface area contributed by atoms with E-state index in [1.165, 1.54) is 12.8 Å². The Bertz CT molecular complexity index is 249. The molecule has 0 aromatic rings. The van der Waals surface area contributed by atoms with Crippen molar-refractivity contribution in [2.75, 3.05) is 26.3 Å². The smallest absolute Gasteiger partial charge is 0.0628 e. The van der Waals surface area contributed by atoms with E-state index in [-0.39, 0.29) is 0 Å². The topological polar surface area (TPSA) is 45.0 Å². The van der Waals surface area contributed by atoms with E-state index in [0.717, 1.165) is 26.3 Å². The molecule has 3 nitrogen and oxygen atoms in total. The molecule has 1 aliphatic carbocycles. The van der Waals surface area contributed by atoms with E-state index in [2.05, 4.69) is 18.3 Å². The highest BCUT2D eigenvalue weighted by molar-refractivity contribution is 5.01. The zero-order valence-electron chi connectivity index (χ0n) is 8.81. The van der Waals surface area contributed by atoms with Crippen LogP contribution in [-0.4, -0.2) is 26.3 Å². The Morgan fingerprint density at radius 2 is 2.07 bits per heavy atom. The molecule has 78 valence electrons. The lowest BCUT2D eigenvalue weighted by atomic mass is 9.88. The summed E-state index contributed by atoms with van der Waals surface area (Å²) in [6, 6.07) is 2.28. The summed E-state index contributed by atoms with van der Waals surface area (Å²) in [6.07, 6.45) is 3.16. The lowest BCUT2D eigenvalue weighted by molar-refractivity contribution is -0.0993. The average Bonchev–Trinajstić information content (AvgIpc) is 2.83. The molecule has 0 atom stereocenters. The quantitative estimate of drug-likeness (QED) is 0.717. The number of ether oxygens (including phenoxy) is 1. The monoisotopic (exact) mass is 194 g/mol. The third-order valence-electron chi connectivity index (χ3n) is 3.36. The molecule has 2 fully saturated rings. The van der Waals surface area contributed by atoms with Crippen molar-refractivity contribution in [1.29, 1.82) is 5.26 Å². The van der Waals surface area contributed by atoms with Crippen molar-refractivity contribution in [2.24, 2.45) is 10.8 Å². The molecule has 0 amide bonds. The van der Waals surface area contributed by atoms with Crippen molar-refractivity contribution < 1.29 is 4.74 Å². The lowest BCUT2D eigenvalue weighted by Gasteiger charge is -2.38. The van der Waals surface area contributed by atoms with Crippen LogP contribution in [0.5, 0.6) is 0 Å². The fourth-order valence-corrected chi connectivity index (χ4v) is 1.94. The van der Waals surface area contributed by atoms with Gasteiger partial charge in [-0.2, -0.15) is 5.26 Å². The Hall–Kier alpha value is -0.590. The number of rotatable bonds is 5. The van der Waals surface area contributed by atoms with Crippen molar-refractivity contribution in [3.05, 3.63) is 0 Å². The van der Waals surface area contributed by atoms with Gasteiger partial charge >= 0.3 is 0 Å². The summed E-state index contributed by atoms with van der Waals surface area (Å²) in [5.74, 6) is 0. The van der Waals surface area contributed by atoms with Crippen LogP contribution in [0.3, 0.4) is 0 Å². The van der Waals surface area contributed by atoms with Crippen LogP contribution in [0.25, 0.3) is 0 Å². The first-order valence-electron chi connectivity index (χ1n) is 5.34. The molecule has 14 heavy (non-hydrogen) atoms. The van der Waals surface area contributed by atoms with E-state index >= 15 is 0 Å². The predicted octanol–water partition coefficient (Wildman–Crippen LogP) is 1.31. The second-order valence-electron chi connectivity index (χ2n) is 5.24. The van der Waals surface area contributed by atoms with Crippen molar-refractivity contribution in [3.63, 3.8) is 0 Å². The number of hydrogen-bond acceptors (Lipinski definition) is 3. The first-order valence-corrected chi connectivity index (χ1v) is 5.34. The zero-order valence-corrected chi connectivity index (χ0v) is 8.81. The SMILES string of the molecule is CC1(CNCC2(CC#N)CC2)COC1. The Morgan fingerprint density at radius 1 is 1.36 bits per heavy atom. The van der Waals surface area contributed by atoms with Gasteiger partial charge in [-0.25, -0.2) is 0 Å². The summed E-state index contributed by atoms with van der Waals surface area (Å²) in [4.78, 5) is 0. The maximum atomic E-state index is 8.66.